The summed E-state index contributed by atoms with van der Waals surface area (Å²) in [6.45, 7) is 1.51. The van der Waals surface area contributed by atoms with Gasteiger partial charge in [-0.3, -0.25) is 14.5 Å². The van der Waals surface area contributed by atoms with Crippen LogP contribution in [-0.4, -0.2) is 29.3 Å². The SMILES string of the molecule is Cc1cc(Br)c(NC(=O)CN2C(=O)NC(c3ccccc3)(c3ccccc3)C2=O)c(Br)c1. The minimum absolute atomic E-state index is 0.418. The number of hydrogen-bond donors (Lipinski definition) is 2. The van der Waals surface area contributed by atoms with Crippen LogP contribution in [0.2, 0.25) is 0 Å². The zero-order chi connectivity index (χ0) is 22.9. The van der Waals surface area contributed by atoms with E-state index in [1.54, 1.807) is 48.5 Å². The smallest absolute Gasteiger partial charge is 0.323 e. The number of urea groups is 1. The molecular weight excluding hydrogens is 538 g/mol. The molecule has 1 heterocycles. The summed E-state index contributed by atoms with van der Waals surface area (Å²) in [4.78, 5) is 40.3. The molecule has 0 aromatic heterocycles. The Balaban J connectivity index is 1.65. The maximum absolute atomic E-state index is 13.6. The van der Waals surface area contributed by atoms with Crippen LogP contribution in [-0.2, 0) is 15.1 Å². The molecule has 4 rings (SSSR count). The number of aryl methyl sites for hydroxylation is 1. The molecule has 2 N–H and O–H groups in total. The molecule has 32 heavy (non-hydrogen) atoms. The van der Waals surface area contributed by atoms with Crippen molar-refractivity contribution in [1.82, 2.24) is 10.2 Å². The van der Waals surface area contributed by atoms with Crippen LogP contribution in [0.5, 0.6) is 0 Å². The monoisotopic (exact) mass is 555 g/mol. The van der Waals surface area contributed by atoms with Crippen molar-refractivity contribution in [3.8, 4) is 0 Å². The van der Waals surface area contributed by atoms with Crippen LogP contribution in [0.1, 0.15) is 16.7 Å². The van der Waals surface area contributed by atoms with E-state index in [9.17, 15) is 14.4 Å². The predicted molar refractivity (Wildman–Crippen MR) is 129 cm³/mol. The molecule has 162 valence electrons. The number of anilines is 1. The largest absolute Gasteiger partial charge is 0.326 e. The summed E-state index contributed by atoms with van der Waals surface area (Å²) in [7, 11) is 0. The fourth-order valence-electron chi connectivity index (χ4n) is 3.80. The zero-order valence-corrected chi connectivity index (χ0v) is 20.2. The first kappa shape index (κ1) is 22.2. The van der Waals surface area contributed by atoms with Gasteiger partial charge in [0.15, 0.2) is 5.54 Å². The molecule has 1 fully saturated rings. The van der Waals surface area contributed by atoms with E-state index in [-0.39, 0.29) is 0 Å². The van der Waals surface area contributed by atoms with Crippen molar-refractivity contribution in [3.05, 3.63) is 98.4 Å². The van der Waals surface area contributed by atoms with E-state index in [1.807, 2.05) is 31.2 Å². The Bertz CT molecular complexity index is 1140. The van der Waals surface area contributed by atoms with Gasteiger partial charge in [-0.05, 0) is 67.6 Å². The molecule has 0 radical (unpaired) electrons. The Labute approximate surface area is 202 Å². The van der Waals surface area contributed by atoms with Crippen LogP contribution in [0, 0.1) is 6.92 Å². The maximum atomic E-state index is 13.6. The first-order chi connectivity index (χ1) is 15.3. The van der Waals surface area contributed by atoms with Crippen LogP contribution >= 0.6 is 31.9 Å². The van der Waals surface area contributed by atoms with Crippen molar-refractivity contribution in [2.75, 3.05) is 11.9 Å². The van der Waals surface area contributed by atoms with Crippen molar-refractivity contribution < 1.29 is 14.4 Å². The van der Waals surface area contributed by atoms with E-state index in [2.05, 4.69) is 42.5 Å². The molecule has 0 saturated carbocycles. The molecule has 0 aliphatic carbocycles. The van der Waals surface area contributed by atoms with E-state index < -0.39 is 29.9 Å². The Hall–Kier alpha value is -2.97. The number of hydrogen-bond acceptors (Lipinski definition) is 3. The molecule has 4 amide bonds. The third-order valence-electron chi connectivity index (χ3n) is 5.27. The summed E-state index contributed by atoms with van der Waals surface area (Å²) >= 11 is 6.88. The van der Waals surface area contributed by atoms with E-state index in [0.29, 0.717) is 25.8 Å². The lowest BCUT2D eigenvalue weighted by atomic mass is 9.82. The quantitative estimate of drug-likeness (QED) is 0.436. The Morgan fingerprint density at radius 3 is 1.94 bits per heavy atom. The second-order valence-electron chi connectivity index (χ2n) is 7.46. The fourth-order valence-corrected chi connectivity index (χ4v) is 5.41. The van der Waals surface area contributed by atoms with Gasteiger partial charge in [-0.2, -0.15) is 0 Å². The Morgan fingerprint density at radius 2 is 1.44 bits per heavy atom. The molecule has 1 aliphatic heterocycles. The molecule has 3 aromatic carbocycles. The van der Waals surface area contributed by atoms with Gasteiger partial charge in [0.1, 0.15) is 6.54 Å². The predicted octanol–water partition coefficient (Wildman–Crippen LogP) is 4.95. The van der Waals surface area contributed by atoms with Gasteiger partial charge in [-0.15, -0.1) is 0 Å². The number of rotatable bonds is 5. The van der Waals surface area contributed by atoms with Crippen molar-refractivity contribution in [2.45, 2.75) is 12.5 Å². The third-order valence-corrected chi connectivity index (χ3v) is 6.52. The number of halogens is 2. The lowest BCUT2D eigenvalue weighted by Gasteiger charge is -2.28. The van der Waals surface area contributed by atoms with Gasteiger partial charge < -0.3 is 10.6 Å². The highest BCUT2D eigenvalue weighted by atomic mass is 79.9. The number of carbonyl (C=O) groups is 3. The summed E-state index contributed by atoms with van der Waals surface area (Å²) in [6, 6.07) is 21.2. The fraction of sp³-hybridized carbons (Fsp3) is 0.125. The highest BCUT2D eigenvalue weighted by Gasteiger charge is 2.54. The van der Waals surface area contributed by atoms with E-state index in [4.69, 9.17) is 0 Å². The normalized spacial score (nSPS) is 14.9. The first-order valence-corrected chi connectivity index (χ1v) is 11.4. The standard InChI is InChI=1S/C24H19Br2N3O3/c1-15-12-18(25)21(19(26)13-15)27-20(30)14-29-22(31)24(28-23(29)32,16-8-4-2-5-9-16)17-10-6-3-7-11-17/h2-13H,14H2,1H3,(H,27,30)(H,28,32). The number of carbonyl (C=O) groups excluding carboxylic acids is 3. The van der Waals surface area contributed by atoms with Crippen LogP contribution in [0.3, 0.4) is 0 Å². The highest BCUT2D eigenvalue weighted by molar-refractivity contribution is 9.11. The molecule has 1 saturated heterocycles. The summed E-state index contributed by atoms with van der Waals surface area (Å²) in [5.41, 5.74) is 1.38. The molecule has 0 unspecified atom stereocenters. The number of nitrogens with one attached hydrogen (secondary N) is 2. The van der Waals surface area contributed by atoms with Gasteiger partial charge in [-0.25, -0.2) is 4.79 Å². The van der Waals surface area contributed by atoms with Gasteiger partial charge in [-0.1, -0.05) is 60.7 Å². The van der Waals surface area contributed by atoms with Gasteiger partial charge in [0.2, 0.25) is 5.91 Å². The van der Waals surface area contributed by atoms with Gasteiger partial charge >= 0.3 is 6.03 Å². The molecule has 8 heteroatoms. The third kappa shape index (κ3) is 3.96. The Kier molecular flexibility index (Phi) is 6.17. The van der Waals surface area contributed by atoms with Gasteiger partial charge in [0.25, 0.3) is 5.91 Å². The van der Waals surface area contributed by atoms with Crippen molar-refractivity contribution >= 4 is 55.4 Å². The second-order valence-corrected chi connectivity index (χ2v) is 9.16. The van der Waals surface area contributed by atoms with E-state index in [1.165, 1.54) is 0 Å². The highest BCUT2D eigenvalue weighted by Crippen LogP contribution is 2.36. The maximum Gasteiger partial charge on any atom is 0.326 e. The average molecular weight is 557 g/mol. The van der Waals surface area contributed by atoms with E-state index >= 15 is 0 Å². The summed E-state index contributed by atoms with van der Waals surface area (Å²) in [6.07, 6.45) is 0. The van der Waals surface area contributed by atoms with Crippen LogP contribution in [0.15, 0.2) is 81.7 Å². The topological polar surface area (TPSA) is 78.5 Å². The number of nitrogens with zero attached hydrogens (tertiary/aromatic N) is 1. The minimum Gasteiger partial charge on any atom is -0.323 e. The number of amides is 4. The van der Waals surface area contributed by atoms with Crippen molar-refractivity contribution in [3.63, 3.8) is 0 Å². The Morgan fingerprint density at radius 1 is 0.938 bits per heavy atom. The number of imide groups is 1. The van der Waals surface area contributed by atoms with Crippen molar-refractivity contribution in [2.24, 2.45) is 0 Å². The van der Waals surface area contributed by atoms with Crippen LogP contribution < -0.4 is 10.6 Å². The molecule has 0 bridgehead atoms. The van der Waals surface area contributed by atoms with E-state index in [0.717, 1.165) is 10.5 Å². The molecule has 1 aliphatic rings. The number of benzene rings is 3. The zero-order valence-electron chi connectivity index (χ0n) is 17.1. The molecule has 0 atom stereocenters. The van der Waals surface area contributed by atoms with Gasteiger partial charge in [0, 0.05) is 8.95 Å². The second kappa shape index (κ2) is 8.88. The summed E-state index contributed by atoms with van der Waals surface area (Å²) < 4.78 is 1.38. The summed E-state index contributed by atoms with van der Waals surface area (Å²) in [5, 5.41) is 5.61. The van der Waals surface area contributed by atoms with Crippen molar-refractivity contribution in [1.29, 1.82) is 0 Å². The molecule has 3 aromatic rings. The van der Waals surface area contributed by atoms with Crippen LogP contribution in [0.4, 0.5) is 10.5 Å². The molecule has 6 nitrogen and oxygen atoms in total. The van der Waals surface area contributed by atoms with Crippen LogP contribution in [0.25, 0.3) is 0 Å². The average Bonchev–Trinajstić information content (AvgIpc) is 3.03. The first-order valence-electron chi connectivity index (χ1n) is 9.83. The molecular formula is C24H19Br2N3O3. The van der Waals surface area contributed by atoms with Gasteiger partial charge in [0.05, 0.1) is 5.69 Å². The molecule has 0 spiro atoms. The lowest BCUT2D eigenvalue weighted by Crippen LogP contribution is -2.45. The summed E-state index contributed by atoms with van der Waals surface area (Å²) in [5.74, 6) is -0.993. The lowest BCUT2D eigenvalue weighted by molar-refractivity contribution is -0.133. The minimum atomic E-state index is -1.40.